The summed E-state index contributed by atoms with van der Waals surface area (Å²) in [4.78, 5) is 22.9. The minimum Gasteiger partial charge on any atom is -0.330 e. The van der Waals surface area contributed by atoms with Gasteiger partial charge in [-0.05, 0) is 36.5 Å². The third-order valence-corrected chi connectivity index (χ3v) is 3.57. The maximum absolute atomic E-state index is 11.8. The van der Waals surface area contributed by atoms with Crippen molar-refractivity contribution in [1.82, 2.24) is 5.32 Å². The normalized spacial score (nSPS) is 19.4. The molecular formula is C16H15N3O2. The molecule has 1 aromatic carbocycles. The minimum absolute atomic E-state index is 0.0660. The van der Waals surface area contributed by atoms with E-state index in [2.05, 4.69) is 21.6 Å². The van der Waals surface area contributed by atoms with Crippen LogP contribution in [0.15, 0.2) is 52.4 Å². The molecule has 106 valence electrons. The second-order valence-corrected chi connectivity index (χ2v) is 5.24. The molecule has 1 aromatic rings. The van der Waals surface area contributed by atoms with E-state index >= 15 is 0 Å². The molecule has 2 aliphatic rings. The van der Waals surface area contributed by atoms with Gasteiger partial charge in [0.2, 0.25) is 5.91 Å². The molecule has 2 amide bonds. The fraction of sp³-hybridized carbons (Fsp3) is 0.250. The maximum Gasteiger partial charge on any atom is 0.297 e. The van der Waals surface area contributed by atoms with Crippen molar-refractivity contribution in [2.75, 3.05) is 0 Å². The molecule has 1 atom stereocenters. The number of carbonyl (C=O) groups is 2. The Kier molecular flexibility index (Phi) is 3.48. The summed E-state index contributed by atoms with van der Waals surface area (Å²) >= 11 is 0. The van der Waals surface area contributed by atoms with Crippen LogP contribution < -0.4 is 5.32 Å². The molecule has 1 aliphatic heterocycles. The lowest BCUT2D eigenvalue weighted by Gasteiger charge is -2.19. The predicted octanol–water partition coefficient (Wildman–Crippen LogP) is 3.06. The zero-order valence-corrected chi connectivity index (χ0v) is 11.7. The van der Waals surface area contributed by atoms with Crippen LogP contribution in [0.2, 0.25) is 0 Å². The zero-order chi connectivity index (χ0) is 14.8. The Morgan fingerprint density at radius 1 is 1.38 bits per heavy atom. The van der Waals surface area contributed by atoms with Crippen LogP contribution in [0, 0.1) is 5.92 Å². The summed E-state index contributed by atoms with van der Waals surface area (Å²) in [7, 11) is 0. The van der Waals surface area contributed by atoms with Crippen molar-refractivity contribution in [3.63, 3.8) is 0 Å². The van der Waals surface area contributed by atoms with Gasteiger partial charge in [0.1, 0.15) is 0 Å². The molecule has 21 heavy (non-hydrogen) atoms. The van der Waals surface area contributed by atoms with Crippen molar-refractivity contribution in [2.24, 2.45) is 16.1 Å². The SMILES string of the molecule is CC(=O)NC1=CC=CC(Cc2cccc3c2C(=O)N=N3)C1. The Balaban J connectivity index is 1.76. The number of amides is 2. The quantitative estimate of drug-likeness (QED) is 0.924. The van der Waals surface area contributed by atoms with Crippen molar-refractivity contribution < 1.29 is 9.59 Å². The van der Waals surface area contributed by atoms with E-state index in [1.807, 2.05) is 24.3 Å². The second-order valence-electron chi connectivity index (χ2n) is 5.24. The van der Waals surface area contributed by atoms with Crippen LogP contribution in [0.4, 0.5) is 5.69 Å². The van der Waals surface area contributed by atoms with Gasteiger partial charge in [0.25, 0.3) is 5.91 Å². The highest BCUT2D eigenvalue weighted by Gasteiger charge is 2.23. The number of nitrogens with zero attached hydrogens (tertiary/aromatic N) is 2. The second kappa shape index (κ2) is 5.44. The lowest BCUT2D eigenvalue weighted by atomic mass is 9.89. The number of rotatable bonds is 3. The average molecular weight is 281 g/mol. The highest BCUT2D eigenvalue weighted by Crippen LogP contribution is 2.32. The predicted molar refractivity (Wildman–Crippen MR) is 78.1 cm³/mol. The molecule has 1 N–H and O–H groups in total. The Labute approximate surface area is 122 Å². The van der Waals surface area contributed by atoms with Gasteiger partial charge in [0.15, 0.2) is 0 Å². The zero-order valence-electron chi connectivity index (χ0n) is 11.7. The van der Waals surface area contributed by atoms with Crippen LogP contribution >= 0.6 is 0 Å². The lowest BCUT2D eigenvalue weighted by molar-refractivity contribution is -0.118. The summed E-state index contributed by atoms with van der Waals surface area (Å²) in [5.41, 5.74) is 3.13. The highest BCUT2D eigenvalue weighted by molar-refractivity contribution is 6.03. The molecular weight excluding hydrogens is 266 g/mol. The van der Waals surface area contributed by atoms with Crippen LogP contribution in [0.25, 0.3) is 0 Å². The van der Waals surface area contributed by atoms with E-state index in [1.54, 1.807) is 6.07 Å². The van der Waals surface area contributed by atoms with E-state index in [0.717, 1.165) is 24.1 Å². The van der Waals surface area contributed by atoms with Gasteiger partial charge in [-0.25, -0.2) is 0 Å². The van der Waals surface area contributed by atoms with Crippen LogP contribution in [0.1, 0.15) is 29.3 Å². The standard InChI is InChI=1S/C16H15N3O2/c1-10(20)17-13-6-2-4-11(9-13)8-12-5-3-7-14-15(12)16(21)19-18-14/h2-7,11H,8-9H2,1H3,(H,17,20). The van der Waals surface area contributed by atoms with Crippen LogP contribution in [0.5, 0.6) is 0 Å². The fourth-order valence-electron chi connectivity index (χ4n) is 2.73. The van der Waals surface area contributed by atoms with Gasteiger partial charge in [-0.15, -0.1) is 10.2 Å². The van der Waals surface area contributed by atoms with Gasteiger partial charge in [-0.3, -0.25) is 9.59 Å². The first kappa shape index (κ1) is 13.4. The smallest absolute Gasteiger partial charge is 0.297 e. The topological polar surface area (TPSA) is 70.9 Å². The number of benzene rings is 1. The summed E-state index contributed by atoms with van der Waals surface area (Å²) in [6.45, 7) is 1.50. The molecule has 0 spiro atoms. The summed E-state index contributed by atoms with van der Waals surface area (Å²) < 4.78 is 0. The number of fused-ring (bicyclic) bond motifs is 1. The maximum atomic E-state index is 11.8. The van der Waals surface area contributed by atoms with Crippen molar-refractivity contribution in [3.05, 3.63) is 53.3 Å². The van der Waals surface area contributed by atoms with Gasteiger partial charge >= 0.3 is 0 Å². The van der Waals surface area contributed by atoms with Crippen LogP contribution in [0.3, 0.4) is 0 Å². The number of carbonyl (C=O) groups excluding carboxylic acids is 2. The Hall–Kier alpha value is -2.56. The van der Waals surface area contributed by atoms with Gasteiger partial charge in [-0.1, -0.05) is 24.3 Å². The molecule has 0 saturated heterocycles. The number of hydrogen-bond donors (Lipinski definition) is 1. The number of nitrogens with one attached hydrogen (secondary N) is 1. The van der Waals surface area contributed by atoms with Crippen molar-refractivity contribution >= 4 is 17.5 Å². The van der Waals surface area contributed by atoms with Crippen molar-refractivity contribution in [2.45, 2.75) is 19.8 Å². The van der Waals surface area contributed by atoms with E-state index in [1.165, 1.54) is 6.92 Å². The van der Waals surface area contributed by atoms with Crippen LogP contribution in [-0.4, -0.2) is 11.8 Å². The van der Waals surface area contributed by atoms with E-state index in [0.29, 0.717) is 11.3 Å². The monoisotopic (exact) mass is 281 g/mol. The summed E-state index contributed by atoms with van der Waals surface area (Å²) in [5, 5.41) is 10.3. The number of allylic oxidation sites excluding steroid dienone is 4. The first-order chi connectivity index (χ1) is 10.1. The molecule has 0 fully saturated rings. The molecule has 1 aliphatic carbocycles. The first-order valence-corrected chi connectivity index (χ1v) is 6.86. The summed E-state index contributed by atoms with van der Waals surface area (Å²) in [6, 6.07) is 5.63. The fourth-order valence-corrected chi connectivity index (χ4v) is 2.73. The molecule has 0 aromatic heterocycles. The van der Waals surface area contributed by atoms with E-state index in [9.17, 15) is 9.59 Å². The molecule has 5 nitrogen and oxygen atoms in total. The Bertz CT molecular complexity index is 701. The molecule has 5 heteroatoms. The summed E-state index contributed by atoms with van der Waals surface area (Å²) in [5.74, 6) is -0.0848. The van der Waals surface area contributed by atoms with E-state index in [4.69, 9.17) is 0 Å². The first-order valence-electron chi connectivity index (χ1n) is 6.86. The van der Waals surface area contributed by atoms with Gasteiger partial charge in [0.05, 0.1) is 11.3 Å². The molecule has 0 saturated carbocycles. The van der Waals surface area contributed by atoms with Crippen molar-refractivity contribution in [1.29, 1.82) is 0 Å². The minimum atomic E-state index is -0.266. The van der Waals surface area contributed by atoms with Gasteiger partial charge in [-0.2, -0.15) is 0 Å². The molecule has 0 radical (unpaired) electrons. The molecule has 3 rings (SSSR count). The van der Waals surface area contributed by atoms with Crippen LogP contribution in [-0.2, 0) is 11.2 Å². The largest absolute Gasteiger partial charge is 0.330 e. The van der Waals surface area contributed by atoms with Gasteiger partial charge < -0.3 is 5.32 Å². The number of azo groups is 1. The van der Waals surface area contributed by atoms with E-state index in [-0.39, 0.29) is 17.7 Å². The number of hydrogen-bond acceptors (Lipinski definition) is 3. The van der Waals surface area contributed by atoms with E-state index < -0.39 is 0 Å². The molecule has 0 bridgehead atoms. The lowest BCUT2D eigenvalue weighted by Crippen LogP contribution is -2.22. The third-order valence-electron chi connectivity index (χ3n) is 3.57. The molecule has 1 heterocycles. The summed E-state index contributed by atoms with van der Waals surface area (Å²) in [6.07, 6.45) is 7.43. The Morgan fingerprint density at radius 3 is 3.05 bits per heavy atom. The van der Waals surface area contributed by atoms with Crippen molar-refractivity contribution in [3.8, 4) is 0 Å². The Morgan fingerprint density at radius 2 is 2.24 bits per heavy atom. The average Bonchev–Trinajstić information content (AvgIpc) is 2.81. The third kappa shape index (κ3) is 2.81. The molecule has 1 unspecified atom stereocenters. The van der Waals surface area contributed by atoms with Gasteiger partial charge in [0, 0.05) is 12.6 Å². The highest BCUT2D eigenvalue weighted by atomic mass is 16.2.